The molecular formula is C32H33F4N3O2. The Balaban J connectivity index is 1.33. The topological polar surface area (TPSA) is 39.5 Å². The summed E-state index contributed by atoms with van der Waals surface area (Å²) in [6.45, 7) is 4.21. The summed E-state index contributed by atoms with van der Waals surface area (Å²) in [5.41, 5.74) is 1.31. The molecule has 1 aliphatic heterocycles. The molecule has 4 aromatic rings. The van der Waals surface area contributed by atoms with E-state index in [9.17, 15) is 17.6 Å². The molecular weight excluding hydrogens is 534 g/mol. The van der Waals surface area contributed by atoms with Crippen LogP contribution >= 0.6 is 0 Å². The number of piperidine rings is 1. The zero-order valence-electron chi connectivity index (χ0n) is 23.1. The molecule has 3 aromatic carbocycles. The first-order valence-electron chi connectivity index (χ1n) is 13.9. The van der Waals surface area contributed by atoms with Gasteiger partial charge in [0.15, 0.2) is 0 Å². The van der Waals surface area contributed by atoms with E-state index in [-0.39, 0.29) is 11.9 Å². The Morgan fingerprint density at radius 2 is 1.56 bits per heavy atom. The largest absolute Gasteiger partial charge is 0.490 e. The highest BCUT2D eigenvalue weighted by molar-refractivity contribution is 5.61. The minimum Gasteiger partial charge on any atom is -0.490 e. The Morgan fingerprint density at radius 1 is 0.902 bits per heavy atom. The summed E-state index contributed by atoms with van der Waals surface area (Å²) in [7, 11) is 2.13. The lowest BCUT2D eigenvalue weighted by Crippen LogP contribution is -2.35. The van der Waals surface area contributed by atoms with Crippen molar-refractivity contribution >= 4 is 0 Å². The van der Waals surface area contributed by atoms with Crippen LogP contribution in [0.25, 0.3) is 16.9 Å². The van der Waals surface area contributed by atoms with Crippen LogP contribution in [0.2, 0.25) is 0 Å². The zero-order valence-corrected chi connectivity index (χ0v) is 23.1. The van der Waals surface area contributed by atoms with Crippen LogP contribution in [0, 0.1) is 5.82 Å². The number of halogens is 4. The molecule has 1 saturated heterocycles. The highest BCUT2D eigenvalue weighted by Gasteiger charge is 2.34. The second-order valence-electron chi connectivity index (χ2n) is 10.4. The van der Waals surface area contributed by atoms with Crippen LogP contribution in [0.4, 0.5) is 17.6 Å². The fraction of sp³-hybridized carbons (Fsp3) is 0.344. The van der Waals surface area contributed by atoms with Gasteiger partial charge in [-0.05, 0) is 93.0 Å². The predicted molar refractivity (Wildman–Crippen MR) is 150 cm³/mol. The first-order valence-corrected chi connectivity index (χ1v) is 13.9. The van der Waals surface area contributed by atoms with E-state index in [0.717, 1.165) is 79.8 Å². The van der Waals surface area contributed by atoms with Gasteiger partial charge in [-0.25, -0.2) is 9.37 Å². The number of hydrogen-bond acceptors (Lipinski definition) is 4. The van der Waals surface area contributed by atoms with E-state index in [1.807, 2.05) is 47.2 Å². The summed E-state index contributed by atoms with van der Waals surface area (Å²) in [6, 6.07) is 17.6. The Hall–Kier alpha value is -3.85. The number of alkyl halides is 3. The summed E-state index contributed by atoms with van der Waals surface area (Å²) in [6.07, 6.45) is 2.26. The van der Waals surface area contributed by atoms with E-state index in [1.165, 1.54) is 6.07 Å². The molecule has 0 atom stereocenters. The predicted octanol–water partition coefficient (Wildman–Crippen LogP) is 8.31. The van der Waals surface area contributed by atoms with Gasteiger partial charge >= 0.3 is 6.18 Å². The second-order valence-corrected chi connectivity index (χ2v) is 10.4. The molecule has 5 rings (SSSR count). The number of rotatable bonds is 9. The number of imidazole rings is 1. The average Bonchev–Trinajstić information content (AvgIpc) is 3.38. The van der Waals surface area contributed by atoms with Gasteiger partial charge in [-0.2, -0.15) is 13.2 Å². The molecule has 216 valence electrons. The Bertz CT molecular complexity index is 1440. The molecule has 0 aliphatic carbocycles. The minimum atomic E-state index is -4.80. The van der Waals surface area contributed by atoms with Gasteiger partial charge in [0.25, 0.3) is 0 Å². The third-order valence-electron chi connectivity index (χ3n) is 7.25. The summed E-state index contributed by atoms with van der Waals surface area (Å²) < 4.78 is 66.7. The Morgan fingerprint density at radius 3 is 2.22 bits per heavy atom. The van der Waals surface area contributed by atoms with Crippen molar-refractivity contribution in [3.8, 4) is 34.2 Å². The van der Waals surface area contributed by atoms with Crippen molar-refractivity contribution in [1.82, 2.24) is 14.5 Å². The number of likely N-dealkylation sites (tertiary alicyclic amines) is 1. The van der Waals surface area contributed by atoms with Gasteiger partial charge < -0.3 is 18.9 Å². The van der Waals surface area contributed by atoms with Crippen LogP contribution in [0.3, 0.4) is 0 Å². The van der Waals surface area contributed by atoms with Crippen LogP contribution in [0.1, 0.15) is 44.0 Å². The molecule has 9 heteroatoms. The first kappa shape index (κ1) is 28.7. The van der Waals surface area contributed by atoms with Crippen molar-refractivity contribution in [1.29, 1.82) is 0 Å². The molecule has 0 bridgehead atoms. The summed E-state index contributed by atoms with van der Waals surface area (Å²) in [5.74, 6) is 0.672. The molecule has 0 unspecified atom stereocenters. The smallest absolute Gasteiger partial charge is 0.419 e. The van der Waals surface area contributed by atoms with Crippen molar-refractivity contribution in [3.05, 3.63) is 90.1 Å². The number of aromatic nitrogens is 2. The number of ether oxygens (including phenoxy) is 2. The maximum atomic E-state index is 13.6. The van der Waals surface area contributed by atoms with Gasteiger partial charge in [0.05, 0.1) is 11.3 Å². The Labute approximate surface area is 237 Å². The third kappa shape index (κ3) is 7.08. The van der Waals surface area contributed by atoms with E-state index < -0.39 is 17.6 Å². The highest BCUT2D eigenvalue weighted by Crippen LogP contribution is 2.35. The fourth-order valence-corrected chi connectivity index (χ4v) is 4.89. The van der Waals surface area contributed by atoms with Gasteiger partial charge in [-0.3, -0.25) is 0 Å². The van der Waals surface area contributed by atoms with E-state index in [1.54, 1.807) is 12.1 Å². The van der Waals surface area contributed by atoms with Gasteiger partial charge in [-0.1, -0.05) is 13.3 Å². The molecule has 0 amide bonds. The molecule has 0 saturated carbocycles. The van der Waals surface area contributed by atoms with Crippen molar-refractivity contribution in [3.63, 3.8) is 0 Å². The fourth-order valence-electron chi connectivity index (χ4n) is 4.89. The maximum absolute atomic E-state index is 13.6. The number of aryl methyl sites for hydroxylation is 1. The molecule has 41 heavy (non-hydrogen) atoms. The SMILES string of the molecule is CCCCc1nc(-c2ccc(OC3CCN(C)CC3)cc2)cn1-c1ccc(Oc2ccc(F)c(C(F)(F)F)c2)cc1. The van der Waals surface area contributed by atoms with Gasteiger partial charge in [0.1, 0.15) is 35.0 Å². The van der Waals surface area contributed by atoms with Gasteiger partial charge in [0.2, 0.25) is 0 Å². The van der Waals surface area contributed by atoms with Gasteiger partial charge in [0, 0.05) is 37.0 Å². The van der Waals surface area contributed by atoms with Crippen molar-refractivity contribution in [2.24, 2.45) is 0 Å². The highest BCUT2D eigenvalue weighted by atomic mass is 19.4. The molecule has 1 aliphatic rings. The van der Waals surface area contributed by atoms with Crippen LogP contribution < -0.4 is 9.47 Å². The standard InChI is InChI=1S/C32H33F4N3O2/c1-3-4-5-31-37-30(22-6-10-24(11-7-22)40-26-16-18-38(2)19-17-26)21-39(31)23-8-12-25(13-9-23)41-27-14-15-29(33)28(20-27)32(34,35)36/h6-15,20-21,26H,3-5,16-19H2,1-2H3. The Kier molecular flexibility index (Phi) is 8.63. The number of hydrogen-bond donors (Lipinski definition) is 0. The zero-order chi connectivity index (χ0) is 29.0. The van der Waals surface area contributed by atoms with Gasteiger partial charge in [-0.15, -0.1) is 0 Å². The second kappa shape index (κ2) is 12.3. The molecule has 1 fully saturated rings. The number of unbranched alkanes of at least 4 members (excludes halogenated alkanes) is 1. The average molecular weight is 568 g/mol. The van der Waals surface area contributed by atoms with Crippen molar-refractivity contribution in [2.75, 3.05) is 20.1 Å². The normalized spacial score (nSPS) is 14.8. The first-order chi connectivity index (χ1) is 19.7. The maximum Gasteiger partial charge on any atom is 0.419 e. The third-order valence-corrected chi connectivity index (χ3v) is 7.25. The molecule has 0 radical (unpaired) electrons. The van der Waals surface area contributed by atoms with E-state index in [2.05, 4.69) is 18.9 Å². The number of nitrogens with zero attached hydrogens (tertiary/aromatic N) is 3. The summed E-state index contributed by atoms with van der Waals surface area (Å²) in [4.78, 5) is 7.24. The van der Waals surface area contributed by atoms with Crippen LogP contribution in [0.5, 0.6) is 17.2 Å². The summed E-state index contributed by atoms with van der Waals surface area (Å²) in [5, 5.41) is 0. The number of benzene rings is 3. The van der Waals surface area contributed by atoms with E-state index >= 15 is 0 Å². The molecule has 2 heterocycles. The quantitative estimate of drug-likeness (QED) is 0.191. The van der Waals surface area contributed by atoms with Crippen molar-refractivity contribution < 1.29 is 27.0 Å². The lowest BCUT2D eigenvalue weighted by molar-refractivity contribution is -0.140. The lowest BCUT2D eigenvalue weighted by atomic mass is 10.1. The van der Waals surface area contributed by atoms with E-state index in [4.69, 9.17) is 14.5 Å². The minimum absolute atomic E-state index is 0.0942. The van der Waals surface area contributed by atoms with Crippen LogP contribution in [-0.4, -0.2) is 40.7 Å². The molecule has 0 spiro atoms. The van der Waals surface area contributed by atoms with E-state index in [0.29, 0.717) is 11.8 Å². The van der Waals surface area contributed by atoms with Crippen LogP contribution in [-0.2, 0) is 12.6 Å². The lowest BCUT2D eigenvalue weighted by Gasteiger charge is -2.29. The molecule has 5 nitrogen and oxygen atoms in total. The van der Waals surface area contributed by atoms with Crippen LogP contribution in [0.15, 0.2) is 72.9 Å². The summed E-state index contributed by atoms with van der Waals surface area (Å²) >= 11 is 0. The molecule has 1 aromatic heterocycles. The van der Waals surface area contributed by atoms with Crippen molar-refractivity contribution in [2.45, 2.75) is 51.3 Å². The molecule has 0 N–H and O–H groups in total. The monoisotopic (exact) mass is 567 g/mol.